The molecule has 3 aliphatic heterocycles. The van der Waals surface area contributed by atoms with Crippen molar-refractivity contribution < 1.29 is 19.3 Å². The summed E-state index contributed by atoms with van der Waals surface area (Å²) >= 11 is 0. The van der Waals surface area contributed by atoms with Crippen LogP contribution in [0.3, 0.4) is 0 Å². The molecule has 4 rings (SSSR count). The third-order valence-electron chi connectivity index (χ3n) is 6.46. The molecule has 0 aromatic heterocycles. The average Bonchev–Trinajstić information content (AvgIpc) is 2.68. The molecule has 0 saturated carbocycles. The highest BCUT2D eigenvalue weighted by molar-refractivity contribution is 6.20. The number of barbiturate groups is 1. The number of urea groups is 1. The smallest absolute Gasteiger partial charge is 0.332 e. The number of nitrogens with zero attached hydrogens (tertiary/aromatic N) is 3. The van der Waals surface area contributed by atoms with Crippen molar-refractivity contribution in [1.82, 2.24) is 9.80 Å². The van der Waals surface area contributed by atoms with Crippen molar-refractivity contribution in [3.63, 3.8) is 0 Å². The maximum atomic E-state index is 13.4. The van der Waals surface area contributed by atoms with Crippen LogP contribution in [-0.4, -0.2) is 74.0 Å². The molecule has 0 bridgehead atoms. The second-order valence-electron chi connectivity index (χ2n) is 7.81. The van der Waals surface area contributed by atoms with E-state index in [1.165, 1.54) is 19.0 Å². The summed E-state index contributed by atoms with van der Waals surface area (Å²) in [6.07, 6.45) is 0.269. The van der Waals surface area contributed by atoms with Crippen LogP contribution in [0.15, 0.2) is 18.2 Å². The van der Waals surface area contributed by atoms with E-state index in [1.54, 1.807) is 0 Å². The molecule has 0 radical (unpaired) electrons. The van der Waals surface area contributed by atoms with Gasteiger partial charge >= 0.3 is 6.03 Å². The van der Waals surface area contributed by atoms with Crippen molar-refractivity contribution in [2.75, 3.05) is 50.9 Å². The van der Waals surface area contributed by atoms with E-state index in [9.17, 15) is 14.4 Å². The number of fused-ring (bicyclic) bond motifs is 4. The van der Waals surface area contributed by atoms with Gasteiger partial charge in [-0.1, -0.05) is 0 Å². The van der Waals surface area contributed by atoms with Crippen LogP contribution in [0.25, 0.3) is 0 Å². The van der Waals surface area contributed by atoms with E-state index in [4.69, 9.17) is 5.73 Å². The molecule has 3 aliphatic rings. The van der Waals surface area contributed by atoms with Crippen LogP contribution >= 0.6 is 0 Å². The van der Waals surface area contributed by atoms with Crippen molar-refractivity contribution in [3.05, 3.63) is 23.8 Å². The Morgan fingerprint density at radius 2 is 1.85 bits per heavy atom. The highest BCUT2D eigenvalue weighted by Gasteiger charge is 2.64. The number of anilines is 2. The van der Waals surface area contributed by atoms with Crippen LogP contribution < -0.4 is 15.5 Å². The molecular weight excluding hydrogens is 346 g/mol. The molecule has 3 heterocycles. The molecule has 1 aromatic carbocycles. The molecule has 2 atom stereocenters. The fraction of sp³-hybridized carbons (Fsp3) is 0.526. The molecule has 1 spiro atoms. The molecule has 144 valence electrons. The van der Waals surface area contributed by atoms with E-state index in [1.807, 2.05) is 18.2 Å². The molecule has 27 heavy (non-hydrogen) atoms. The number of nitrogens with one attached hydrogen (secondary N) is 1. The Morgan fingerprint density at radius 3 is 2.48 bits per heavy atom. The number of quaternary nitrogens is 1. The monoisotopic (exact) mass is 372 g/mol. The number of hydrogen-bond donors (Lipinski definition) is 2. The van der Waals surface area contributed by atoms with Gasteiger partial charge in [-0.25, -0.2) is 4.79 Å². The quantitative estimate of drug-likeness (QED) is 0.485. The number of imide groups is 2. The Bertz CT molecular complexity index is 815. The van der Waals surface area contributed by atoms with Gasteiger partial charge in [0.1, 0.15) is 6.04 Å². The number of hydrogen-bond acceptors (Lipinski definition) is 5. The van der Waals surface area contributed by atoms with Gasteiger partial charge in [-0.05, 0) is 30.7 Å². The third kappa shape index (κ3) is 2.29. The van der Waals surface area contributed by atoms with Crippen molar-refractivity contribution >= 4 is 29.2 Å². The fourth-order valence-electron chi connectivity index (χ4n) is 4.94. The standard InChI is InChI=1S/C19H25N5O3/c1-4-23-7-8-24-14-6-5-13(20)9-12(14)10-19(15(24)11-23)16(25)21(2)18(27)22(3)17(19)26/h5-6,9,15H,4,7-8,10-11,20H2,1-3H3/p+1/t15-/m0/s1. The highest BCUT2D eigenvalue weighted by atomic mass is 16.2. The fourth-order valence-corrected chi connectivity index (χ4v) is 4.94. The van der Waals surface area contributed by atoms with Gasteiger partial charge in [-0.3, -0.25) is 19.4 Å². The minimum absolute atomic E-state index is 0.269. The van der Waals surface area contributed by atoms with Gasteiger partial charge in [0.25, 0.3) is 0 Å². The number of piperazine rings is 1. The summed E-state index contributed by atoms with van der Waals surface area (Å²) in [6, 6.07) is 4.84. The molecule has 1 aromatic rings. The number of benzene rings is 1. The molecule has 2 saturated heterocycles. The van der Waals surface area contributed by atoms with Crippen molar-refractivity contribution in [3.8, 4) is 0 Å². The zero-order valence-corrected chi connectivity index (χ0v) is 16.0. The minimum Gasteiger partial charge on any atom is -0.399 e. The van der Waals surface area contributed by atoms with Gasteiger partial charge in [-0.15, -0.1) is 0 Å². The first-order valence-electron chi connectivity index (χ1n) is 9.40. The predicted molar refractivity (Wildman–Crippen MR) is 100 cm³/mol. The Kier molecular flexibility index (Phi) is 3.92. The molecule has 2 fully saturated rings. The van der Waals surface area contributed by atoms with E-state index in [0.717, 1.165) is 40.7 Å². The number of likely N-dealkylation sites (N-methyl/N-ethyl adjacent to an activating group) is 1. The third-order valence-corrected chi connectivity index (χ3v) is 6.46. The van der Waals surface area contributed by atoms with Crippen LogP contribution in [0.5, 0.6) is 0 Å². The number of carbonyl (C=O) groups is 3. The Morgan fingerprint density at radius 1 is 1.19 bits per heavy atom. The second-order valence-corrected chi connectivity index (χ2v) is 7.81. The predicted octanol–water partition coefficient (Wildman–Crippen LogP) is -1.04. The van der Waals surface area contributed by atoms with Gasteiger partial charge in [0.2, 0.25) is 11.8 Å². The summed E-state index contributed by atoms with van der Waals surface area (Å²) in [7, 11) is 2.92. The number of carbonyl (C=O) groups excluding carboxylic acids is 3. The molecular formula is C19H26N5O3+. The van der Waals surface area contributed by atoms with E-state index in [0.29, 0.717) is 12.2 Å². The summed E-state index contributed by atoms with van der Waals surface area (Å²) in [5.41, 5.74) is 7.23. The highest BCUT2D eigenvalue weighted by Crippen LogP contribution is 2.46. The number of amides is 4. The van der Waals surface area contributed by atoms with Crippen molar-refractivity contribution in [1.29, 1.82) is 0 Å². The molecule has 4 amide bonds. The van der Waals surface area contributed by atoms with Gasteiger partial charge in [-0.2, -0.15) is 0 Å². The maximum Gasteiger partial charge on any atom is 0.332 e. The van der Waals surface area contributed by atoms with E-state index < -0.39 is 23.3 Å². The lowest BCUT2D eigenvalue weighted by atomic mass is 9.67. The van der Waals surface area contributed by atoms with E-state index in [-0.39, 0.29) is 12.5 Å². The maximum absolute atomic E-state index is 13.4. The summed E-state index contributed by atoms with van der Waals surface area (Å²) in [4.78, 5) is 44.9. The van der Waals surface area contributed by atoms with Gasteiger partial charge in [0.05, 0.1) is 26.2 Å². The van der Waals surface area contributed by atoms with Crippen LogP contribution in [0.4, 0.5) is 16.2 Å². The summed E-state index contributed by atoms with van der Waals surface area (Å²) in [6.45, 7) is 5.44. The lowest BCUT2D eigenvalue weighted by molar-refractivity contribution is -0.902. The molecule has 0 aliphatic carbocycles. The molecule has 8 nitrogen and oxygen atoms in total. The summed E-state index contributed by atoms with van der Waals surface area (Å²) in [5.74, 6) is -0.813. The molecule has 8 heteroatoms. The number of nitrogens with two attached hydrogens (primary N) is 1. The lowest BCUT2D eigenvalue weighted by Crippen LogP contribution is -3.16. The SMILES string of the molecule is CC[NH+]1CCN2c3ccc(N)cc3CC3(C(=O)N(C)C(=O)N(C)C3=O)[C@@H]2C1. The molecule has 3 N–H and O–H groups in total. The lowest BCUT2D eigenvalue weighted by Gasteiger charge is -2.54. The number of nitrogen functional groups attached to an aromatic ring is 1. The molecule has 1 unspecified atom stereocenters. The Labute approximate surface area is 158 Å². The van der Waals surface area contributed by atoms with Crippen LogP contribution in [0.2, 0.25) is 0 Å². The number of rotatable bonds is 1. The first-order chi connectivity index (χ1) is 12.8. The Hall–Kier alpha value is -2.61. The van der Waals surface area contributed by atoms with Crippen LogP contribution in [0, 0.1) is 5.41 Å². The second kappa shape index (κ2) is 5.95. The van der Waals surface area contributed by atoms with E-state index in [2.05, 4.69) is 11.8 Å². The normalized spacial score (nSPS) is 27.1. The van der Waals surface area contributed by atoms with Crippen molar-refractivity contribution in [2.45, 2.75) is 19.4 Å². The zero-order chi connectivity index (χ0) is 19.5. The first kappa shape index (κ1) is 17.8. The zero-order valence-electron chi connectivity index (χ0n) is 16.0. The first-order valence-corrected chi connectivity index (χ1v) is 9.40. The van der Waals surface area contributed by atoms with E-state index >= 15 is 0 Å². The van der Waals surface area contributed by atoms with Gasteiger partial charge in [0.15, 0.2) is 5.41 Å². The largest absolute Gasteiger partial charge is 0.399 e. The van der Waals surface area contributed by atoms with Crippen molar-refractivity contribution in [2.24, 2.45) is 5.41 Å². The Balaban J connectivity index is 1.91. The van der Waals surface area contributed by atoms with Gasteiger partial charge < -0.3 is 15.5 Å². The average molecular weight is 372 g/mol. The minimum atomic E-state index is -1.29. The van der Waals surface area contributed by atoms with Crippen LogP contribution in [-0.2, 0) is 16.0 Å². The summed E-state index contributed by atoms with van der Waals surface area (Å²) < 4.78 is 0. The van der Waals surface area contributed by atoms with Crippen LogP contribution in [0.1, 0.15) is 12.5 Å². The van der Waals surface area contributed by atoms with Gasteiger partial charge in [0, 0.05) is 31.9 Å². The topological polar surface area (TPSA) is 91.4 Å². The summed E-state index contributed by atoms with van der Waals surface area (Å²) in [5, 5.41) is 0.